The van der Waals surface area contributed by atoms with Crippen LogP contribution in [0.5, 0.6) is 0 Å². The number of sulfonamides is 1. The van der Waals surface area contributed by atoms with Gasteiger partial charge in [0.05, 0.1) is 11.6 Å². The number of piperazine rings is 1. The number of nitrogens with one attached hydrogen (secondary N) is 1. The predicted molar refractivity (Wildman–Crippen MR) is 97.7 cm³/mol. The van der Waals surface area contributed by atoms with Crippen LogP contribution in [0.1, 0.15) is 0 Å². The number of hydrogen-bond acceptors (Lipinski definition) is 4. The molecule has 136 valence electrons. The fraction of sp³-hybridized carbons (Fsp3) is 0.333. The van der Waals surface area contributed by atoms with Crippen LogP contribution in [-0.4, -0.2) is 62.2 Å². The fourth-order valence-electron chi connectivity index (χ4n) is 2.35. The van der Waals surface area contributed by atoms with Crippen molar-refractivity contribution in [3.8, 4) is 0 Å². The van der Waals surface area contributed by atoms with Gasteiger partial charge in [-0.2, -0.15) is 4.31 Å². The van der Waals surface area contributed by atoms with E-state index in [1.807, 2.05) is 0 Å². The molecule has 1 aromatic carbocycles. The van der Waals surface area contributed by atoms with Gasteiger partial charge in [0.1, 0.15) is 4.90 Å². The highest BCUT2D eigenvalue weighted by Gasteiger charge is 2.31. The van der Waals surface area contributed by atoms with Gasteiger partial charge in [0, 0.05) is 30.7 Å². The van der Waals surface area contributed by atoms with Crippen LogP contribution in [-0.2, 0) is 19.6 Å². The third-order valence-corrected chi connectivity index (χ3v) is 6.58. The molecule has 0 aromatic heterocycles. The summed E-state index contributed by atoms with van der Waals surface area (Å²) in [7, 11) is -3.73. The van der Waals surface area contributed by atoms with Crippen molar-refractivity contribution in [2.75, 3.05) is 32.7 Å². The maximum atomic E-state index is 12.7. The standard InChI is InChI=1S/C15H17BrClN3O4S/c1-2-14(21)18-10-15(22)19-5-7-20(8-6-19)25(23,24)13-4-3-11(16)9-12(13)17/h2-4,9H,1,5-8,10H2,(H,18,21). The Morgan fingerprint density at radius 2 is 1.92 bits per heavy atom. The first-order valence-corrected chi connectivity index (χ1v) is 10.00. The Balaban J connectivity index is 2.00. The number of rotatable bonds is 5. The summed E-state index contributed by atoms with van der Waals surface area (Å²) in [6, 6.07) is 4.58. The molecule has 0 radical (unpaired) electrons. The Kier molecular flexibility index (Phi) is 6.61. The number of halogens is 2. The van der Waals surface area contributed by atoms with E-state index in [1.54, 1.807) is 6.07 Å². The van der Waals surface area contributed by atoms with Crippen molar-refractivity contribution in [1.82, 2.24) is 14.5 Å². The van der Waals surface area contributed by atoms with E-state index in [0.717, 1.165) is 6.08 Å². The zero-order valence-corrected chi connectivity index (χ0v) is 16.4. The molecule has 0 atom stereocenters. The van der Waals surface area contributed by atoms with Crippen LogP contribution in [0.3, 0.4) is 0 Å². The summed E-state index contributed by atoms with van der Waals surface area (Å²) in [6.07, 6.45) is 1.08. The van der Waals surface area contributed by atoms with Crippen LogP contribution < -0.4 is 5.32 Å². The van der Waals surface area contributed by atoms with E-state index in [4.69, 9.17) is 11.6 Å². The second-order valence-corrected chi connectivity index (χ2v) is 8.51. The third kappa shape index (κ3) is 4.81. The molecule has 25 heavy (non-hydrogen) atoms. The first-order chi connectivity index (χ1) is 11.8. The molecular weight excluding hydrogens is 434 g/mol. The summed E-state index contributed by atoms with van der Waals surface area (Å²) in [4.78, 5) is 24.7. The van der Waals surface area contributed by atoms with Crippen molar-refractivity contribution >= 4 is 49.4 Å². The molecule has 7 nitrogen and oxygen atoms in total. The van der Waals surface area contributed by atoms with Crippen LogP contribution >= 0.6 is 27.5 Å². The van der Waals surface area contributed by atoms with Gasteiger partial charge in [-0.15, -0.1) is 0 Å². The second kappa shape index (κ2) is 8.31. The fourth-order valence-corrected chi connectivity index (χ4v) is 4.78. The van der Waals surface area contributed by atoms with E-state index in [1.165, 1.54) is 21.3 Å². The van der Waals surface area contributed by atoms with Gasteiger partial charge in [-0.1, -0.05) is 34.1 Å². The van der Waals surface area contributed by atoms with Gasteiger partial charge in [0.2, 0.25) is 21.8 Å². The average molecular weight is 451 g/mol. The van der Waals surface area contributed by atoms with Gasteiger partial charge < -0.3 is 10.2 Å². The van der Waals surface area contributed by atoms with Crippen molar-refractivity contribution in [1.29, 1.82) is 0 Å². The van der Waals surface area contributed by atoms with Gasteiger partial charge in [0.15, 0.2) is 0 Å². The zero-order chi connectivity index (χ0) is 18.6. The van der Waals surface area contributed by atoms with Crippen LogP contribution in [0.2, 0.25) is 5.02 Å². The number of hydrogen-bond donors (Lipinski definition) is 1. The summed E-state index contributed by atoms with van der Waals surface area (Å²) < 4.78 is 27.4. The van der Waals surface area contributed by atoms with Gasteiger partial charge in [-0.25, -0.2) is 8.42 Å². The summed E-state index contributed by atoms with van der Waals surface area (Å²) >= 11 is 9.29. The van der Waals surface area contributed by atoms with Gasteiger partial charge in [-0.05, 0) is 24.3 Å². The predicted octanol–water partition coefficient (Wildman–Crippen LogP) is 1.24. The minimum Gasteiger partial charge on any atom is -0.343 e. The second-order valence-electron chi connectivity index (χ2n) is 5.28. The van der Waals surface area contributed by atoms with E-state index in [0.29, 0.717) is 4.47 Å². The molecule has 1 saturated heterocycles. The lowest BCUT2D eigenvalue weighted by molar-refractivity contribution is -0.133. The Morgan fingerprint density at radius 1 is 1.28 bits per heavy atom. The average Bonchev–Trinajstić information content (AvgIpc) is 2.59. The Morgan fingerprint density at radius 3 is 2.48 bits per heavy atom. The topological polar surface area (TPSA) is 86.8 Å². The lowest BCUT2D eigenvalue weighted by Crippen LogP contribution is -2.52. The molecule has 0 unspecified atom stereocenters. The molecule has 1 fully saturated rings. The quantitative estimate of drug-likeness (QED) is 0.684. The highest BCUT2D eigenvalue weighted by molar-refractivity contribution is 9.10. The van der Waals surface area contributed by atoms with Gasteiger partial charge >= 0.3 is 0 Å². The van der Waals surface area contributed by atoms with Crippen LogP contribution in [0.25, 0.3) is 0 Å². The molecule has 1 aliphatic rings. The highest BCUT2D eigenvalue weighted by Crippen LogP contribution is 2.28. The number of carbonyl (C=O) groups excluding carboxylic acids is 2. The molecule has 0 aliphatic carbocycles. The molecule has 0 spiro atoms. The lowest BCUT2D eigenvalue weighted by atomic mass is 10.3. The Labute approximate surface area is 159 Å². The largest absolute Gasteiger partial charge is 0.343 e. The first-order valence-electron chi connectivity index (χ1n) is 7.39. The Hall–Kier alpha value is -1.42. The molecule has 1 aromatic rings. The van der Waals surface area contributed by atoms with Crippen LogP contribution in [0, 0.1) is 0 Å². The van der Waals surface area contributed by atoms with Crippen molar-refractivity contribution in [2.45, 2.75) is 4.90 Å². The first kappa shape index (κ1) is 19.9. The highest BCUT2D eigenvalue weighted by atomic mass is 79.9. The van der Waals surface area contributed by atoms with E-state index in [2.05, 4.69) is 27.8 Å². The molecule has 1 aliphatic heterocycles. The van der Waals surface area contributed by atoms with Gasteiger partial charge in [0.25, 0.3) is 0 Å². The van der Waals surface area contributed by atoms with Crippen molar-refractivity contribution < 1.29 is 18.0 Å². The minimum absolute atomic E-state index is 0.0374. The summed E-state index contributed by atoms with van der Waals surface area (Å²) in [6.45, 7) is 3.98. The number of nitrogens with zero attached hydrogens (tertiary/aromatic N) is 2. The number of benzene rings is 1. The van der Waals surface area contributed by atoms with E-state index >= 15 is 0 Å². The van der Waals surface area contributed by atoms with Crippen LogP contribution in [0.4, 0.5) is 0 Å². The maximum absolute atomic E-state index is 12.7. The van der Waals surface area contributed by atoms with Crippen molar-refractivity contribution in [3.63, 3.8) is 0 Å². The monoisotopic (exact) mass is 449 g/mol. The molecule has 1 heterocycles. The van der Waals surface area contributed by atoms with Crippen molar-refractivity contribution in [2.24, 2.45) is 0 Å². The zero-order valence-electron chi connectivity index (χ0n) is 13.2. The van der Waals surface area contributed by atoms with Gasteiger partial charge in [-0.3, -0.25) is 9.59 Å². The lowest BCUT2D eigenvalue weighted by Gasteiger charge is -2.34. The van der Waals surface area contributed by atoms with Crippen molar-refractivity contribution in [3.05, 3.63) is 40.3 Å². The molecule has 0 saturated carbocycles. The molecular formula is C15H17BrClN3O4S. The molecule has 2 amide bonds. The summed E-state index contributed by atoms with van der Waals surface area (Å²) in [5.74, 6) is -0.701. The number of amides is 2. The summed E-state index contributed by atoms with van der Waals surface area (Å²) in [5, 5.41) is 2.55. The molecule has 1 N–H and O–H groups in total. The SMILES string of the molecule is C=CC(=O)NCC(=O)N1CCN(S(=O)(=O)c2ccc(Br)cc2Cl)CC1. The molecule has 0 bridgehead atoms. The maximum Gasteiger partial charge on any atom is 0.244 e. The Bertz CT molecular complexity index is 792. The molecule has 10 heteroatoms. The van der Waals surface area contributed by atoms with E-state index < -0.39 is 15.9 Å². The van der Waals surface area contributed by atoms with Crippen LogP contribution in [0.15, 0.2) is 40.2 Å². The minimum atomic E-state index is -3.73. The van der Waals surface area contributed by atoms with E-state index in [-0.39, 0.29) is 48.5 Å². The third-order valence-electron chi connectivity index (χ3n) is 3.70. The smallest absolute Gasteiger partial charge is 0.244 e. The molecule has 2 rings (SSSR count). The summed E-state index contributed by atoms with van der Waals surface area (Å²) in [5.41, 5.74) is 0. The van der Waals surface area contributed by atoms with E-state index in [9.17, 15) is 18.0 Å². The normalized spacial score (nSPS) is 15.7. The number of carbonyl (C=O) groups is 2.